The first kappa shape index (κ1) is 19.5. The van der Waals surface area contributed by atoms with Crippen molar-refractivity contribution in [3.8, 4) is 11.6 Å². The Balaban J connectivity index is 1.30. The van der Waals surface area contributed by atoms with Crippen molar-refractivity contribution in [2.45, 2.75) is 51.0 Å². The van der Waals surface area contributed by atoms with Crippen LogP contribution in [0.4, 0.5) is 6.01 Å². The number of aromatic nitrogens is 3. The molecule has 156 valence electrons. The Bertz CT molecular complexity index is 1020. The summed E-state index contributed by atoms with van der Waals surface area (Å²) in [6.07, 6.45) is 7.42. The number of ether oxygens (including phenoxy) is 1. The predicted molar refractivity (Wildman–Crippen MR) is 119 cm³/mol. The minimum atomic E-state index is 0.283. The molecule has 7 heteroatoms. The van der Waals surface area contributed by atoms with E-state index in [-0.39, 0.29) is 6.04 Å². The number of benzene rings is 1. The molecule has 3 aromatic rings. The third-order valence-corrected chi connectivity index (χ3v) is 6.96. The molecule has 0 radical (unpaired) electrons. The lowest BCUT2D eigenvalue weighted by atomic mass is 9.90. The smallest absolute Gasteiger partial charge is 0.316 e. The molecule has 0 amide bonds. The number of nitrogens with zero attached hydrogens (tertiary/aromatic N) is 3. The number of hydrogen-bond donors (Lipinski definition) is 1. The largest absolute Gasteiger partial charge is 0.402 e. The molecule has 6 nitrogen and oxygen atoms in total. The summed E-state index contributed by atoms with van der Waals surface area (Å²) in [7, 11) is 0. The van der Waals surface area contributed by atoms with Gasteiger partial charge in [-0.25, -0.2) is 4.98 Å². The van der Waals surface area contributed by atoms with Crippen LogP contribution in [0.15, 0.2) is 40.8 Å². The first-order valence-electron chi connectivity index (χ1n) is 10.7. The fraction of sp³-hybridized carbons (Fsp3) is 0.435. The molecule has 2 aliphatic rings. The van der Waals surface area contributed by atoms with Gasteiger partial charge in [0.25, 0.3) is 5.89 Å². The second-order valence-electron chi connectivity index (χ2n) is 7.96. The molecule has 1 N–H and O–H groups in total. The quantitative estimate of drug-likeness (QED) is 0.590. The molecular formula is C23H26N4O2S. The van der Waals surface area contributed by atoms with Gasteiger partial charge in [-0.15, -0.1) is 16.4 Å². The molecule has 1 aliphatic heterocycles. The normalized spacial score (nSPS) is 20.2. The highest BCUT2D eigenvalue weighted by atomic mass is 32.1. The molecule has 1 aromatic carbocycles. The van der Waals surface area contributed by atoms with Crippen molar-refractivity contribution in [1.82, 2.24) is 15.2 Å². The molecule has 3 heterocycles. The second kappa shape index (κ2) is 8.70. The van der Waals surface area contributed by atoms with Gasteiger partial charge >= 0.3 is 6.01 Å². The van der Waals surface area contributed by atoms with Crippen molar-refractivity contribution in [2.75, 3.05) is 18.5 Å². The molecule has 1 saturated heterocycles. The number of nitrogens with one attached hydrogen (secondary N) is 1. The van der Waals surface area contributed by atoms with E-state index in [9.17, 15) is 0 Å². The lowest BCUT2D eigenvalue weighted by Gasteiger charge is -2.23. The van der Waals surface area contributed by atoms with Gasteiger partial charge in [0.15, 0.2) is 0 Å². The first-order chi connectivity index (χ1) is 14.8. The molecule has 0 unspecified atom stereocenters. The van der Waals surface area contributed by atoms with Crippen LogP contribution in [0.5, 0.6) is 0 Å². The van der Waals surface area contributed by atoms with Crippen molar-refractivity contribution in [2.24, 2.45) is 0 Å². The van der Waals surface area contributed by atoms with Crippen LogP contribution >= 0.6 is 11.3 Å². The Labute approximate surface area is 180 Å². The fourth-order valence-corrected chi connectivity index (χ4v) is 5.39. The highest BCUT2D eigenvalue weighted by molar-refractivity contribution is 7.12. The first-order valence-corrected chi connectivity index (χ1v) is 11.5. The molecule has 30 heavy (non-hydrogen) atoms. The summed E-state index contributed by atoms with van der Waals surface area (Å²) in [5, 5.41) is 13.1. The van der Waals surface area contributed by atoms with E-state index < -0.39 is 0 Å². The van der Waals surface area contributed by atoms with Gasteiger partial charge < -0.3 is 14.5 Å². The zero-order chi connectivity index (χ0) is 20.3. The second-order valence-corrected chi connectivity index (χ2v) is 9.20. The Morgan fingerprint density at radius 1 is 1.07 bits per heavy atom. The Morgan fingerprint density at radius 2 is 1.90 bits per heavy atom. The summed E-state index contributed by atoms with van der Waals surface area (Å²) in [4.78, 5) is 5.96. The molecule has 1 atom stereocenters. The van der Waals surface area contributed by atoms with E-state index in [0.717, 1.165) is 56.0 Å². The van der Waals surface area contributed by atoms with Gasteiger partial charge in [0.1, 0.15) is 5.69 Å². The third kappa shape index (κ3) is 4.18. The van der Waals surface area contributed by atoms with Crippen molar-refractivity contribution < 1.29 is 9.15 Å². The van der Waals surface area contributed by atoms with E-state index in [1.54, 1.807) is 11.3 Å². The number of allylic oxidation sites excluding steroid dienone is 1. The number of anilines is 1. The summed E-state index contributed by atoms with van der Waals surface area (Å²) < 4.78 is 11.5. The number of rotatable bonds is 5. The summed E-state index contributed by atoms with van der Waals surface area (Å²) >= 11 is 1.74. The molecule has 0 spiro atoms. The Kier molecular flexibility index (Phi) is 5.64. The average molecular weight is 423 g/mol. The van der Waals surface area contributed by atoms with Gasteiger partial charge in [0.2, 0.25) is 0 Å². The number of hydrogen-bond acceptors (Lipinski definition) is 7. The third-order valence-electron chi connectivity index (χ3n) is 5.82. The number of thiazole rings is 1. The van der Waals surface area contributed by atoms with E-state index in [2.05, 4.69) is 51.9 Å². The van der Waals surface area contributed by atoms with Gasteiger partial charge in [-0.3, -0.25) is 0 Å². The standard InChI is InChI=1S/C23H26N4O2S/c1-15-24-20(21(30-15)17-10-12-28-13-11-17)22-26-27-23(29-22)25-19-9-5-8-18(14-19)16-6-3-2-4-7-16/h2-4,6-8,17,19H,5,9-14H2,1H3,(H,25,27)/t19-/m0/s1. The van der Waals surface area contributed by atoms with Gasteiger partial charge in [-0.1, -0.05) is 41.5 Å². The van der Waals surface area contributed by atoms with E-state index in [1.165, 1.54) is 16.0 Å². The highest BCUT2D eigenvalue weighted by Gasteiger charge is 2.26. The highest BCUT2D eigenvalue weighted by Crippen LogP contribution is 2.38. The van der Waals surface area contributed by atoms with E-state index >= 15 is 0 Å². The minimum Gasteiger partial charge on any atom is -0.402 e. The molecule has 0 bridgehead atoms. The maximum atomic E-state index is 6.02. The fourth-order valence-electron chi connectivity index (χ4n) is 4.31. The maximum Gasteiger partial charge on any atom is 0.316 e. The molecule has 1 aliphatic carbocycles. The van der Waals surface area contributed by atoms with Crippen LogP contribution in [0.25, 0.3) is 17.2 Å². The number of aryl methyl sites for hydroxylation is 1. The topological polar surface area (TPSA) is 73.1 Å². The zero-order valence-electron chi connectivity index (χ0n) is 17.1. The lowest BCUT2D eigenvalue weighted by Crippen LogP contribution is -2.22. The van der Waals surface area contributed by atoms with Crippen LogP contribution in [0.1, 0.15) is 53.5 Å². The van der Waals surface area contributed by atoms with Crippen LogP contribution in [0, 0.1) is 6.92 Å². The van der Waals surface area contributed by atoms with Crippen molar-refractivity contribution in [1.29, 1.82) is 0 Å². The zero-order valence-corrected chi connectivity index (χ0v) is 18.0. The van der Waals surface area contributed by atoms with Gasteiger partial charge in [0, 0.05) is 30.1 Å². The van der Waals surface area contributed by atoms with Gasteiger partial charge in [-0.2, -0.15) is 0 Å². The molecule has 5 rings (SSSR count). The van der Waals surface area contributed by atoms with Gasteiger partial charge in [0.05, 0.1) is 5.01 Å². The van der Waals surface area contributed by atoms with Crippen LogP contribution in [0.2, 0.25) is 0 Å². The van der Waals surface area contributed by atoms with Crippen molar-refractivity contribution in [3.63, 3.8) is 0 Å². The predicted octanol–water partition coefficient (Wildman–Crippen LogP) is 5.44. The van der Waals surface area contributed by atoms with E-state index in [0.29, 0.717) is 17.8 Å². The molecule has 2 aromatic heterocycles. The Hall–Kier alpha value is -2.51. The average Bonchev–Trinajstić information content (AvgIpc) is 3.41. The SMILES string of the molecule is Cc1nc(-c2nnc(N[C@H]3CCC=C(c4ccccc4)C3)o2)c(C2CCOCC2)s1. The van der Waals surface area contributed by atoms with Crippen molar-refractivity contribution >= 4 is 22.9 Å². The van der Waals surface area contributed by atoms with E-state index in [1.807, 2.05) is 6.92 Å². The van der Waals surface area contributed by atoms with Crippen molar-refractivity contribution in [3.05, 3.63) is 51.9 Å². The van der Waals surface area contributed by atoms with Gasteiger partial charge in [-0.05, 0) is 50.2 Å². The van der Waals surface area contributed by atoms with E-state index in [4.69, 9.17) is 14.1 Å². The molecule has 1 fully saturated rings. The Morgan fingerprint density at radius 3 is 2.73 bits per heavy atom. The summed E-state index contributed by atoms with van der Waals surface area (Å²) in [5.41, 5.74) is 3.50. The van der Waals surface area contributed by atoms with Crippen LogP contribution in [-0.4, -0.2) is 34.4 Å². The lowest BCUT2D eigenvalue weighted by molar-refractivity contribution is 0.0860. The molecule has 0 saturated carbocycles. The summed E-state index contributed by atoms with van der Waals surface area (Å²) in [5.74, 6) is 0.971. The van der Waals surface area contributed by atoms with Crippen LogP contribution in [0.3, 0.4) is 0 Å². The minimum absolute atomic E-state index is 0.283. The van der Waals surface area contributed by atoms with Crippen LogP contribution < -0.4 is 5.32 Å². The van der Waals surface area contributed by atoms with Crippen LogP contribution in [-0.2, 0) is 4.74 Å². The summed E-state index contributed by atoms with van der Waals surface area (Å²) in [6, 6.07) is 11.3. The molecular weight excluding hydrogens is 396 g/mol. The maximum absolute atomic E-state index is 6.02. The monoisotopic (exact) mass is 422 g/mol. The summed E-state index contributed by atoms with van der Waals surface area (Å²) in [6.45, 7) is 3.64.